The molecule has 0 bridgehead atoms. The molecule has 2 aliphatic rings. The van der Waals surface area contributed by atoms with Crippen molar-refractivity contribution >= 4 is 17.1 Å². The molecule has 1 aromatic heterocycles. The fourth-order valence-corrected chi connectivity index (χ4v) is 4.77. The van der Waals surface area contributed by atoms with Crippen LogP contribution in [0, 0.1) is 11.3 Å². The van der Waals surface area contributed by atoms with E-state index in [1.165, 1.54) is 29.1 Å². The number of likely N-dealkylation sites (tertiary alicyclic amines) is 1. The summed E-state index contributed by atoms with van der Waals surface area (Å²) >= 11 is 0. The number of rotatable bonds is 5. The summed E-state index contributed by atoms with van der Waals surface area (Å²) in [6, 6.07) is 7.00. The van der Waals surface area contributed by atoms with Crippen molar-refractivity contribution in [3.05, 3.63) is 41.1 Å². The average Bonchev–Trinajstić information content (AvgIpc) is 2.72. The van der Waals surface area contributed by atoms with Gasteiger partial charge in [0.05, 0.1) is 5.52 Å². The summed E-state index contributed by atoms with van der Waals surface area (Å²) in [6.45, 7) is 7.74. The minimum atomic E-state index is 0.382. The predicted molar refractivity (Wildman–Crippen MR) is 116 cm³/mol. The molecule has 5 heteroatoms. The van der Waals surface area contributed by atoms with Gasteiger partial charge in [0, 0.05) is 42.5 Å². The Hall–Kier alpha value is -1.82. The van der Waals surface area contributed by atoms with Crippen LogP contribution >= 0.6 is 0 Å². The summed E-state index contributed by atoms with van der Waals surface area (Å²) in [7, 11) is 0. The van der Waals surface area contributed by atoms with Gasteiger partial charge in [-0.15, -0.1) is 0 Å². The zero-order valence-electron chi connectivity index (χ0n) is 17.0. The number of hydrogen-bond acceptors (Lipinski definition) is 5. The molecular formula is C23H33N5. The number of nitrogens with zero attached hydrogens (tertiary/aromatic N) is 2. The Morgan fingerprint density at radius 1 is 1.29 bits per heavy atom. The molecule has 4 N–H and O–H groups in total. The average molecular weight is 380 g/mol. The van der Waals surface area contributed by atoms with Gasteiger partial charge in [-0.25, -0.2) is 0 Å². The number of aromatic nitrogens is 1. The first kappa shape index (κ1) is 19.5. The van der Waals surface area contributed by atoms with Crippen LogP contribution in [0.5, 0.6) is 0 Å². The molecule has 0 aliphatic carbocycles. The lowest BCUT2D eigenvalue weighted by Crippen LogP contribution is -2.40. The maximum Gasteiger partial charge on any atom is 0.0792 e. The summed E-state index contributed by atoms with van der Waals surface area (Å²) in [6.07, 6.45) is 7.88. The van der Waals surface area contributed by atoms with Crippen LogP contribution in [0.1, 0.15) is 48.8 Å². The third kappa shape index (κ3) is 4.27. The predicted octanol–water partition coefficient (Wildman–Crippen LogP) is 2.91. The monoisotopic (exact) mass is 379 g/mol. The van der Waals surface area contributed by atoms with E-state index in [-0.39, 0.29) is 0 Å². The summed E-state index contributed by atoms with van der Waals surface area (Å²) in [5.74, 6) is 1.21. The maximum atomic E-state index is 7.76. The van der Waals surface area contributed by atoms with Crippen LogP contribution in [0.15, 0.2) is 24.4 Å². The minimum absolute atomic E-state index is 0.382. The van der Waals surface area contributed by atoms with Crippen LogP contribution < -0.4 is 11.1 Å². The highest BCUT2D eigenvalue weighted by Gasteiger charge is 2.23. The largest absolute Gasteiger partial charge is 0.328 e. The van der Waals surface area contributed by atoms with Crippen molar-refractivity contribution in [2.75, 3.05) is 32.7 Å². The molecule has 4 rings (SSSR count). The van der Waals surface area contributed by atoms with Crippen LogP contribution in [0.4, 0.5) is 0 Å². The molecule has 2 fully saturated rings. The van der Waals surface area contributed by atoms with Crippen LogP contribution in [-0.2, 0) is 6.42 Å². The minimum Gasteiger partial charge on any atom is -0.328 e. The van der Waals surface area contributed by atoms with Gasteiger partial charge in [-0.1, -0.05) is 19.1 Å². The highest BCUT2D eigenvalue weighted by molar-refractivity contribution is 5.98. The van der Waals surface area contributed by atoms with Gasteiger partial charge in [0.2, 0.25) is 0 Å². The summed E-state index contributed by atoms with van der Waals surface area (Å²) in [5, 5.41) is 12.6. The molecule has 28 heavy (non-hydrogen) atoms. The normalized spacial score (nSPS) is 24.5. The van der Waals surface area contributed by atoms with Gasteiger partial charge in [0.15, 0.2) is 0 Å². The SMILES string of the molecule is CC1CNCC(c2ccc(C=N)c3ncc(CCN4CCC(N)CC4)cc23)C1. The quantitative estimate of drug-likeness (QED) is 0.698. The Balaban J connectivity index is 1.59. The molecule has 2 saturated heterocycles. The number of hydrogen-bond donors (Lipinski definition) is 3. The zero-order chi connectivity index (χ0) is 19.5. The van der Waals surface area contributed by atoms with Gasteiger partial charge < -0.3 is 21.4 Å². The smallest absolute Gasteiger partial charge is 0.0792 e. The molecule has 2 unspecified atom stereocenters. The van der Waals surface area contributed by atoms with Crippen molar-refractivity contribution < 1.29 is 0 Å². The Bertz CT molecular complexity index is 825. The molecular weight excluding hydrogens is 346 g/mol. The Kier molecular flexibility index (Phi) is 6.04. The second kappa shape index (κ2) is 8.68. The van der Waals surface area contributed by atoms with Crippen molar-refractivity contribution in [3.63, 3.8) is 0 Å². The van der Waals surface area contributed by atoms with E-state index in [1.807, 2.05) is 6.20 Å². The lowest BCUT2D eigenvalue weighted by atomic mass is 9.84. The van der Waals surface area contributed by atoms with Crippen LogP contribution in [0.25, 0.3) is 10.9 Å². The van der Waals surface area contributed by atoms with Crippen LogP contribution in [0.2, 0.25) is 0 Å². The fraction of sp³-hybridized carbons (Fsp3) is 0.565. The number of nitrogens with one attached hydrogen (secondary N) is 2. The van der Waals surface area contributed by atoms with Crippen molar-refractivity contribution in [2.24, 2.45) is 11.7 Å². The summed E-state index contributed by atoms with van der Waals surface area (Å²) in [4.78, 5) is 7.32. The van der Waals surface area contributed by atoms with E-state index in [2.05, 4.69) is 35.3 Å². The molecule has 1 aromatic carbocycles. The standard InChI is InChI=1S/C23H33N5/c1-16-10-19(15-26-13-16)21-3-2-18(12-24)23-22(21)11-17(14-27-23)4-7-28-8-5-20(25)6-9-28/h2-3,11-12,14,16,19-20,24,26H,4-10,13,15,25H2,1H3. The Morgan fingerprint density at radius 2 is 2.11 bits per heavy atom. The fourth-order valence-electron chi connectivity index (χ4n) is 4.77. The second-order valence-corrected chi connectivity index (χ2v) is 8.75. The third-order valence-corrected chi connectivity index (χ3v) is 6.49. The third-order valence-electron chi connectivity index (χ3n) is 6.49. The van der Waals surface area contributed by atoms with Crippen molar-refractivity contribution in [1.82, 2.24) is 15.2 Å². The van der Waals surface area contributed by atoms with E-state index in [0.717, 1.165) is 63.1 Å². The van der Waals surface area contributed by atoms with Gasteiger partial charge in [-0.05, 0) is 74.3 Å². The number of fused-ring (bicyclic) bond motifs is 1. The van der Waals surface area contributed by atoms with E-state index in [4.69, 9.17) is 16.1 Å². The number of pyridine rings is 1. The van der Waals surface area contributed by atoms with Gasteiger partial charge in [-0.2, -0.15) is 0 Å². The number of piperidine rings is 2. The Labute approximate surface area is 168 Å². The first-order chi connectivity index (χ1) is 13.6. The van der Waals surface area contributed by atoms with Gasteiger partial charge >= 0.3 is 0 Å². The summed E-state index contributed by atoms with van der Waals surface area (Å²) in [5.41, 5.74) is 10.6. The van der Waals surface area contributed by atoms with Crippen molar-refractivity contribution in [1.29, 1.82) is 5.41 Å². The summed E-state index contributed by atoms with van der Waals surface area (Å²) < 4.78 is 0. The molecule has 5 nitrogen and oxygen atoms in total. The van der Waals surface area contributed by atoms with Gasteiger partial charge in [-0.3, -0.25) is 4.98 Å². The number of nitrogens with two attached hydrogens (primary N) is 1. The topological polar surface area (TPSA) is 78.0 Å². The number of benzene rings is 1. The van der Waals surface area contributed by atoms with Crippen molar-refractivity contribution in [3.8, 4) is 0 Å². The molecule has 3 heterocycles. The van der Waals surface area contributed by atoms with Crippen LogP contribution in [-0.4, -0.2) is 54.9 Å². The second-order valence-electron chi connectivity index (χ2n) is 8.75. The van der Waals surface area contributed by atoms with E-state index >= 15 is 0 Å². The molecule has 0 amide bonds. The molecule has 2 aromatic rings. The van der Waals surface area contributed by atoms with E-state index in [0.29, 0.717) is 17.9 Å². The van der Waals surface area contributed by atoms with Crippen molar-refractivity contribution in [2.45, 2.75) is 44.6 Å². The van der Waals surface area contributed by atoms with Gasteiger partial charge in [0.25, 0.3) is 0 Å². The molecule has 0 saturated carbocycles. The lowest BCUT2D eigenvalue weighted by Gasteiger charge is -2.30. The first-order valence-electron chi connectivity index (χ1n) is 10.7. The molecule has 2 atom stereocenters. The van der Waals surface area contributed by atoms with E-state index < -0.39 is 0 Å². The maximum absolute atomic E-state index is 7.76. The molecule has 2 aliphatic heterocycles. The first-order valence-corrected chi connectivity index (χ1v) is 10.7. The Morgan fingerprint density at radius 3 is 2.86 bits per heavy atom. The zero-order valence-corrected chi connectivity index (χ0v) is 17.0. The van der Waals surface area contributed by atoms with E-state index in [9.17, 15) is 0 Å². The molecule has 0 spiro atoms. The molecule has 0 radical (unpaired) electrons. The van der Waals surface area contributed by atoms with E-state index in [1.54, 1.807) is 0 Å². The lowest BCUT2D eigenvalue weighted by molar-refractivity contribution is 0.215. The van der Waals surface area contributed by atoms with Crippen LogP contribution in [0.3, 0.4) is 0 Å². The highest BCUT2D eigenvalue weighted by Crippen LogP contribution is 2.32. The van der Waals surface area contributed by atoms with Gasteiger partial charge in [0.1, 0.15) is 0 Å². The molecule has 150 valence electrons. The highest BCUT2D eigenvalue weighted by atomic mass is 15.1.